The number of imide groups is 1. The quantitative estimate of drug-likeness (QED) is 0.802. The molecule has 1 aromatic rings. The molecule has 0 aliphatic heterocycles. The van der Waals surface area contributed by atoms with Crippen molar-refractivity contribution in [3.8, 4) is 12.3 Å². The van der Waals surface area contributed by atoms with Crippen molar-refractivity contribution in [3.63, 3.8) is 0 Å². The summed E-state index contributed by atoms with van der Waals surface area (Å²) in [5.41, 5.74) is 0.0969. The first-order chi connectivity index (χ1) is 9.83. The molecule has 1 aromatic carbocycles. The SMILES string of the molecule is C#CCN(C(=O)OCc1ccccc1)C(=O)OC(C)(C)C. The molecule has 0 radical (unpaired) electrons. The second-order valence-corrected chi connectivity index (χ2v) is 5.31. The first-order valence-corrected chi connectivity index (χ1v) is 6.48. The maximum absolute atomic E-state index is 11.9. The van der Waals surface area contributed by atoms with Gasteiger partial charge in [-0.2, -0.15) is 0 Å². The van der Waals surface area contributed by atoms with E-state index in [0.717, 1.165) is 10.5 Å². The molecule has 5 heteroatoms. The molecule has 0 saturated heterocycles. The lowest BCUT2D eigenvalue weighted by molar-refractivity contribution is 0.0235. The Morgan fingerprint density at radius 3 is 2.33 bits per heavy atom. The van der Waals surface area contributed by atoms with Crippen molar-refractivity contribution in [1.82, 2.24) is 4.90 Å². The van der Waals surface area contributed by atoms with Gasteiger partial charge in [-0.05, 0) is 26.3 Å². The van der Waals surface area contributed by atoms with Gasteiger partial charge in [0.1, 0.15) is 12.2 Å². The number of nitrogens with zero attached hydrogens (tertiary/aromatic N) is 1. The largest absolute Gasteiger partial charge is 0.444 e. The van der Waals surface area contributed by atoms with E-state index in [1.54, 1.807) is 20.8 Å². The molecule has 0 spiro atoms. The molecule has 0 fully saturated rings. The summed E-state index contributed by atoms with van der Waals surface area (Å²) in [5.74, 6) is 2.24. The smallest absolute Gasteiger partial charge is 0.420 e. The standard InChI is InChI=1S/C16H19NO4/c1-5-11-17(15(19)21-16(2,3)4)14(18)20-12-13-9-7-6-8-10-13/h1,6-10H,11-12H2,2-4H3. The Morgan fingerprint density at radius 1 is 1.19 bits per heavy atom. The number of terminal acetylenes is 1. The molecule has 112 valence electrons. The Labute approximate surface area is 124 Å². The van der Waals surface area contributed by atoms with Crippen molar-refractivity contribution in [2.24, 2.45) is 0 Å². The summed E-state index contributed by atoms with van der Waals surface area (Å²) in [6.07, 6.45) is 3.52. The minimum Gasteiger partial charge on any atom is -0.444 e. The number of carbonyl (C=O) groups is 2. The summed E-state index contributed by atoms with van der Waals surface area (Å²) in [4.78, 5) is 24.6. The topological polar surface area (TPSA) is 55.8 Å². The highest BCUT2D eigenvalue weighted by Gasteiger charge is 2.27. The zero-order valence-corrected chi connectivity index (χ0v) is 12.5. The summed E-state index contributed by atoms with van der Waals surface area (Å²) in [6.45, 7) is 4.96. The van der Waals surface area contributed by atoms with Gasteiger partial charge in [0.05, 0.1) is 6.54 Å². The molecule has 2 amide bonds. The molecule has 0 aromatic heterocycles. The van der Waals surface area contributed by atoms with Gasteiger partial charge >= 0.3 is 12.2 Å². The van der Waals surface area contributed by atoms with E-state index in [4.69, 9.17) is 15.9 Å². The van der Waals surface area contributed by atoms with Crippen LogP contribution in [0.1, 0.15) is 26.3 Å². The van der Waals surface area contributed by atoms with Crippen LogP contribution < -0.4 is 0 Å². The van der Waals surface area contributed by atoms with Gasteiger partial charge in [-0.3, -0.25) is 0 Å². The lowest BCUT2D eigenvalue weighted by atomic mass is 10.2. The molecule has 0 unspecified atom stereocenters. The van der Waals surface area contributed by atoms with Gasteiger partial charge in [-0.25, -0.2) is 14.5 Å². The van der Waals surface area contributed by atoms with Crippen LogP contribution in [-0.4, -0.2) is 29.2 Å². The number of benzene rings is 1. The highest BCUT2D eigenvalue weighted by molar-refractivity contribution is 5.88. The zero-order valence-electron chi connectivity index (χ0n) is 12.5. The molecular weight excluding hydrogens is 270 g/mol. The van der Waals surface area contributed by atoms with Crippen LogP contribution in [0.25, 0.3) is 0 Å². The number of amides is 2. The molecule has 21 heavy (non-hydrogen) atoms. The van der Waals surface area contributed by atoms with E-state index in [1.165, 1.54) is 0 Å². The fourth-order valence-corrected chi connectivity index (χ4v) is 1.41. The van der Waals surface area contributed by atoms with Crippen molar-refractivity contribution in [3.05, 3.63) is 35.9 Å². The molecule has 0 bridgehead atoms. The first-order valence-electron chi connectivity index (χ1n) is 6.48. The average molecular weight is 289 g/mol. The van der Waals surface area contributed by atoms with Crippen LogP contribution in [0.15, 0.2) is 30.3 Å². The highest BCUT2D eigenvalue weighted by atomic mass is 16.6. The Balaban J connectivity index is 2.65. The fraction of sp³-hybridized carbons (Fsp3) is 0.375. The van der Waals surface area contributed by atoms with Gasteiger partial charge in [-0.1, -0.05) is 36.3 Å². The third-order valence-electron chi connectivity index (χ3n) is 2.29. The Kier molecular flexibility index (Phi) is 5.79. The number of hydrogen-bond acceptors (Lipinski definition) is 4. The summed E-state index contributed by atoms with van der Waals surface area (Å²) in [6, 6.07) is 9.14. The number of hydrogen-bond donors (Lipinski definition) is 0. The maximum atomic E-state index is 11.9. The van der Waals surface area contributed by atoms with Crippen molar-refractivity contribution < 1.29 is 19.1 Å². The lowest BCUT2D eigenvalue weighted by Crippen LogP contribution is -2.41. The predicted molar refractivity (Wildman–Crippen MR) is 78.4 cm³/mol. The van der Waals surface area contributed by atoms with Crippen LogP contribution in [0.5, 0.6) is 0 Å². The molecule has 0 saturated carbocycles. The molecule has 0 aliphatic carbocycles. The molecule has 5 nitrogen and oxygen atoms in total. The predicted octanol–water partition coefficient (Wildman–Crippen LogP) is 3.19. The van der Waals surface area contributed by atoms with Crippen LogP contribution in [0, 0.1) is 12.3 Å². The third-order valence-corrected chi connectivity index (χ3v) is 2.29. The van der Waals surface area contributed by atoms with Gasteiger partial charge < -0.3 is 9.47 Å². The summed E-state index contributed by atoms with van der Waals surface area (Å²) < 4.78 is 10.2. The molecule has 0 heterocycles. The summed E-state index contributed by atoms with van der Waals surface area (Å²) in [7, 11) is 0. The second-order valence-electron chi connectivity index (χ2n) is 5.31. The van der Waals surface area contributed by atoms with E-state index < -0.39 is 17.8 Å². The number of carbonyl (C=O) groups excluding carboxylic acids is 2. The summed E-state index contributed by atoms with van der Waals surface area (Å²) in [5, 5.41) is 0. The lowest BCUT2D eigenvalue weighted by Gasteiger charge is -2.24. The van der Waals surface area contributed by atoms with Crippen LogP contribution in [0.3, 0.4) is 0 Å². The van der Waals surface area contributed by atoms with Gasteiger partial charge in [0.15, 0.2) is 0 Å². The maximum Gasteiger partial charge on any atom is 0.420 e. The van der Waals surface area contributed by atoms with E-state index >= 15 is 0 Å². The van der Waals surface area contributed by atoms with E-state index in [2.05, 4.69) is 5.92 Å². The van der Waals surface area contributed by atoms with Crippen LogP contribution >= 0.6 is 0 Å². The highest BCUT2D eigenvalue weighted by Crippen LogP contribution is 2.11. The third kappa shape index (κ3) is 6.00. The average Bonchev–Trinajstić information content (AvgIpc) is 2.41. The molecule has 0 N–H and O–H groups in total. The Bertz CT molecular complexity index is 525. The molecule has 1 rings (SSSR count). The van der Waals surface area contributed by atoms with Gasteiger partial charge in [0, 0.05) is 0 Å². The first kappa shape index (κ1) is 16.6. The second kappa shape index (κ2) is 7.34. The van der Waals surface area contributed by atoms with Gasteiger partial charge in [-0.15, -0.1) is 6.42 Å². The van der Waals surface area contributed by atoms with Gasteiger partial charge in [0.2, 0.25) is 0 Å². The normalized spacial score (nSPS) is 10.4. The van der Waals surface area contributed by atoms with Crippen LogP contribution in [0.2, 0.25) is 0 Å². The van der Waals surface area contributed by atoms with Crippen LogP contribution in [0.4, 0.5) is 9.59 Å². The number of rotatable bonds is 3. The molecule has 0 atom stereocenters. The molecule has 0 aliphatic rings. The van der Waals surface area contributed by atoms with Crippen molar-refractivity contribution in [1.29, 1.82) is 0 Å². The van der Waals surface area contributed by atoms with Crippen molar-refractivity contribution in [2.75, 3.05) is 6.54 Å². The van der Waals surface area contributed by atoms with Crippen LogP contribution in [-0.2, 0) is 16.1 Å². The zero-order chi connectivity index (χ0) is 15.9. The minimum absolute atomic E-state index is 0.0591. The van der Waals surface area contributed by atoms with Gasteiger partial charge in [0.25, 0.3) is 0 Å². The summed E-state index contributed by atoms with van der Waals surface area (Å²) >= 11 is 0. The molecular formula is C16H19NO4. The van der Waals surface area contributed by atoms with Crippen molar-refractivity contribution >= 4 is 12.2 Å². The Hall–Kier alpha value is -2.48. The van der Waals surface area contributed by atoms with E-state index in [0.29, 0.717) is 0 Å². The fourth-order valence-electron chi connectivity index (χ4n) is 1.41. The van der Waals surface area contributed by atoms with Crippen molar-refractivity contribution in [2.45, 2.75) is 33.0 Å². The Morgan fingerprint density at radius 2 is 1.81 bits per heavy atom. The van der Waals surface area contributed by atoms with E-state index in [1.807, 2.05) is 30.3 Å². The van der Waals surface area contributed by atoms with E-state index in [9.17, 15) is 9.59 Å². The van der Waals surface area contributed by atoms with E-state index in [-0.39, 0.29) is 13.2 Å². The monoisotopic (exact) mass is 289 g/mol. The minimum atomic E-state index is -0.828. The number of ether oxygens (including phenoxy) is 2.